The van der Waals surface area contributed by atoms with E-state index < -0.39 is 10.0 Å². The minimum atomic E-state index is -3.62. The summed E-state index contributed by atoms with van der Waals surface area (Å²) in [6.07, 6.45) is 4.57. The lowest BCUT2D eigenvalue weighted by Gasteiger charge is -2.31. The molecule has 0 bridgehead atoms. The molecule has 0 radical (unpaired) electrons. The predicted octanol–water partition coefficient (Wildman–Crippen LogP) is 2.98. The van der Waals surface area contributed by atoms with Gasteiger partial charge >= 0.3 is 0 Å². The van der Waals surface area contributed by atoms with Crippen LogP contribution in [0.4, 0.5) is 0 Å². The Labute approximate surface area is 169 Å². The molecule has 4 rings (SSSR count). The van der Waals surface area contributed by atoms with Crippen LogP contribution in [0, 0.1) is 17.2 Å². The summed E-state index contributed by atoms with van der Waals surface area (Å²) < 4.78 is 33.6. The maximum Gasteiger partial charge on any atom is 0.245 e. The summed E-state index contributed by atoms with van der Waals surface area (Å²) in [4.78, 5) is 8.62. The maximum atomic E-state index is 13.2. The van der Waals surface area contributed by atoms with E-state index in [1.165, 1.54) is 4.31 Å². The van der Waals surface area contributed by atoms with E-state index in [0.29, 0.717) is 49.5 Å². The van der Waals surface area contributed by atoms with E-state index in [1.54, 1.807) is 42.7 Å². The van der Waals surface area contributed by atoms with Crippen LogP contribution in [0.25, 0.3) is 10.9 Å². The van der Waals surface area contributed by atoms with Crippen molar-refractivity contribution in [1.82, 2.24) is 14.3 Å². The van der Waals surface area contributed by atoms with Gasteiger partial charge in [-0.05, 0) is 43.0 Å². The summed E-state index contributed by atoms with van der Waals surface area (Å²) in [6.45, 7) is 1.26. The van der Waals surface area contributed by atoms with Crippen LogP contribution < -0.4 is 4.74 Å². The van der Waals surface area contributed by atoms with Gasteiger partial charge in [0.2, 0.25) is 15.9 Å². The molecule has 0 amide bonds. The lowest BCUT2D eigenvalue weighted by atomic mass is 9.99. The topological polar surface area (TPSA) is 96.2 Å². The minimum Gasteiger partial charge on any atom is -0.476 e. The normalized spacial score (nSPS) is 15.8. The monoisotopic (exact) mass is 408 g/mol. The number of nitriles is 1. The Hall–Kier alpha value is -3.02. The molecule has 1 aliphatic rings. The Kier molecular flexibility index (Phi) is 5.43. The Balaban J connectivity index is 1.43. The van der Waals surface area contributed by atoms with E-state index in [2.05, 4.69) is 16.0 Å². The molecule has 0 saturated carbocycles. The van der Waals surface area contributed by atoms with E-state index in [1.807, 2.05) is 12.1 Å². The number of piperidine rings is 1. The zero-order valence-electron chi connectivity index (χ0n) is 15.7. The highest BCUT2D eigenvalue weighted by Gasteiger charge is 2.31. The second kappa shape index (κ2) is 8.15. The van der Waals surface area contributed by atoms with Crippen LogP contribution in [-0.4, -0.2) is 42.4 Å². The molecular weight excluding hydrogens is 388 g/mol. The summed E-state index contributed by atoms with van der Waals surface area (Å²) in [5, 5.41) is 9.92. The number of benzene rings is 1. The third kappa shape index (κ3) is 3.92. The first kappa shape index (κ1) is 19.3. The molecule has 0 atom stereocenters. The number of fused-ring (bicyclic) bond motifs is 1. The molecule has 7 nitrogen and oxygen atoms in total. The molecule has 3 heterocycles. The van der Waals surface area contributed by atoms with Gasteiger partial charge in [-0.3, -0.25) is 4.98 Å². The van der Waals surface area contributed by atoms with Gasteiger partial charge in [0.05, 0.1) is 12.1 Å². The zero-order valence-corrected chi connectivity index (χ0v) is 16.5. The average molecular weight is 408 g/mol. The molecule has 3 aromatic rings. The van der Waals surface area contributed by atoms with Gasteiger partial charge < -0.3 is 4.74 Å². The number of aromatic nitrogens is 2. The highest BCUT2D eigenvalue weighted by atomic mass is 32.2. The molecule has 148 valence electrons. The van der Waals surface area contributed by atoms with E-state index >= 15 is 0 Å². The zero-order chi connectivity index (χ0) is 20.3. The summed E-state index contributed by atoms with van der Waals surface area (Å²) in [5.41, 5.74) is 0.899. The van der Waals surface area contributed by atoms with Gasteiger partial charge in [-0.2, -0.15) is 9.57 Å². The van der Waals surface area contributed by atoms with Crippen LogP contribution in [0.2, 0.25) is 0 Å². The maximum absolute atomic E-state index is 13.2. The molecule has 0 spiro atoms. The number of nitrogens with zero attached hydrogens (tertiary/aromatic N) is 4. The molecule has 0 unspecified atom stereocenters. The molecule has 1 saturated heterocycles. The molecule has 2 aromatic heterocycles. The lowest BCUT2D eigenvalue weighted by Crippen LogP contribution is -2.39. The SMILES string of the molecule is N#Cc1cccnc1OCC1CCN(S(=O)(=O)c2cccc3cccnc23)CC1. The van der Waals surface area contributed by atoms with Gasteiger partial charge in [0.15, 0.2) is 0 Å². The van der Waals surface area contributed by atoms with Gasteiger partial charge in [0, 0.05) is 30.9 Å². The van der Waals surface area contributed by atoms with Gasteiger partial charge in [-0.1, -0.05) is 18.2 Å². The first-order valence-electron chi connectivity index (χ1n) is 9.41. The van der Waals surface area contributed by atoms with Crippen molar-refractivity contribution >= 4 is 20.9 Å². The lowest BCUT2D eigenvalue weighted by molar-refractivity contribution is 0.180. The van der Waals surface area contributed by atoms with Gasteiger partial charge in [-0.25, -0.2) is 13.4 Å². The fourth-order valence-corrected chi connectivity index (χ4v) is 5.16. The van der Waals surface area contributed by atoms with E-state index in [4.69, 9.17) is 10.00 Å². The molecule has 29 heavy (non-hydrogen) atoms. The largest absolute Gasteiger partial charge is 0.476 e. The van der Waals surface area contributed by atoms with E-state index in [-0.39, 0.29) is 10.8 Å². The number of hydrogen-bond donors (Lipinski definition) is 0. The van der Waals surface area contributed by atoms with Crippen molar-refractivity contribution in [2.75, 3.05) is 19.7 Å². The first-order chi connectivity index (χ1) is 14.1. The fourth-order valence-electron chi connectivity index (χ4n) is 3.53. The van der Waals surface area contributed by atoms with Crippen molar-refractivity contribution in [3.05, 3.63) is 60.4 Å². The van der Waals surface area contributed by atoms with Crippen LogP contribution >= 0.6 is 0 Å². The minimum absolute atomic E-state index is 0.209. The standard InChI is InChI=1S/C21H20N4O3S/c22-14-18-6-3-11-24-21(18)28-15-16-8-12-25(13-9-16)29(26,27)19-7-1-4-17-5-2-10-23-20(17)19/h1-7,10-11,16H,8-9,12-13,15H2. The second-order valence-electron chi connectivity index (χ2n) is 6.96. The smallest absolute Gasteiger partial charge is 0.245 e. The van der Waals surface area contributed by atoms with Crippen molar-refractivity contribution in [3.63, 3.8) is 0 Å². The predicted molar refractivity (Wildman–Crippen MR) is 108 cm³/mol. The van der Waals surface area contributed by atoms with Crippen molar-refractivity contribution in [3.8, 4) is 11.9 Å². The highest BCUT2D eigenvalue weighted by Crippen LogP contribution is 2.28. The number of rotatable bonds is 5. The first-order valence-corrected chi connectivity index (χ1v) is 10.9. The van der Waals surface area contributed by atoms with Gasteiger partial charge in [0.25, 0.3) is 0 Å². The van der Waals surface area contributed by atoms with Gasteiger partial charge in [-0.15, -0.1) is 0 Å². The van der Waals surface area contributed by atoms with Gasteiger partial charge in [0.1, 0.15) is 16.5 Å². The average Bonchev–Trinajstić information content (AvgIpc) is 2.77. The molecule has 1 aromatic carbocycles. The molecule has 1 aliphatic heterocycles. The fraction of sp³-hybridized carbons (Fsp3) is 0.286. The van der Waals surface area contributed by atoms with Crippen molar-refractivity contribution < 1.29 is 13.2 Å². The van der Waals surface area contributed by atoms with E-state index in [0.717, 1.165) is 5.39 Å². The number of hydrogen-bond acceptors (Lipinski definition) is 6. The van der Waals surface area contributed by atoms with E-state index in [9.17, 15) is 8.42 Å². The molecule has 0 N–H and O–H groups in total. The van der Waals surface area contributed by atoms with Crippen molar-refractivity contribution in [2.45, 2.75) is 17.7 Å². The Bertz CT molecular complexity index is 1160. The molecule has 8 heteroatoms. The van der Waals surface area contributed by atoms with Crippen LogP contribution in [0.5, 0.6) is 5.88 Å². The molecule has 1 fully saturated rings. The Morgan fingerprint density at radius 1 is 1.07 bits per heavy atom. The Morgan fingerprint density at radius 2 is 1.79 bits per heavy atom. The summed E-state index contributed by atoms with van der Waals surface area (Å²) in [6, 6.07) is 14.3. The van der Waals surface area contributed by atoms with Crippen molar-refractivity contribution in [2.24, 2.45) is 5.92 Å². The highest BCUT2D eigenvalue weighted by molar-refractivity contribution is 7.89. The summed E-state index contributed by atoms with van der Waals surface area (Å²) in [7, 11) is -3.62. The van der Waals surface area contributed by atoms with Crippen molar-refractivity contribution in [1.29, 1.82) is 5.26 Å². The second-order valence-corrected chi connectivity index (χ2v) is 8.86. The van der Waals surface area contributed by atoms with Crippen LogP contribution in [0.1, 0.15) is 18.4 Å². The Morgan fingerprint density at radius 3 is 2.59 bits per heavy atom. The quantitative estimate of drug-likeness (QED) is 0.644. The molecule has 0 aliphatic carbocycles. The third-order valence-electron chi connectivity index (χ3n) is 5.13. The third-order valence-corrected chi connectivity index (χ3v) is 7.06. The number of sulfonamides is 1. The number of pyridine rings is 2. The number of ether oxygens (including phenoxy) is 1. The van der Waals surface area contributed by atoms with Crippen LogP contribution in [0.3, 0.4) is 0 Å². The summed E-state index contributed by atoms with van der Waals surface area (Å²) >= 11 is 0. The van der Waals surface area contributed by atoms with Crippen LogP contribution in [-0.2, 0) is 10.0 Å². The van der Waals surface area contributed by atoms with Crippen LogP contribution in [0.15, 0.2) is 59.8 Å². The number of para-hydroxylation sites is 1. The molecular formula is C21H20N4O3S. The summed E-state index contributed by atoms with van der Waals surface area (Å²) in [5.74, 6) is 0.535.